The van der Waals surface area contributed by atoms with Gasteiger partial charge in [0.15, 0.2) is 12.4 Å². The van der Waals surface area contributed by atoms with Crippen LogP contribution in [-0.4, -0.2) is 24.4 Å². The molecule has 0 radical (unpaired) electrons. The maximum Gasteiger partial charge on any atom is 0.260 e. The van der Waals surface area contributed by atoms with Gasteiger partial charge in [-0.15, -0.1) is 0 Å². The van der Waals surface area contributed by atoms with Gasteiger partial charge in [0.05, 0.1) is 0 Å². The second-order valence-electron chi connectivity index (χ2n) is 4.13. The summed E-state index contributed by atoms with van der Waals surface area (Å²) in [7, 11) is 0. The van der Waals surface area contributed by atoms with Crippen molar-refractivity contribution in [3.63, 3.8) is 0 Å². The maximum atomic E-state index is 11.4. The number of amides is 1. The molecule has 6 heteroatoms. The summed E-state index contributed by atoms with van der Waals surface area (Å²) in [5.74, 6) is -0.0185. The highest BCUT2D eigenvalue weighted by Gasteiger charge is 2.06. The Morgan fingerprint density at radius 3 is 2.68 bits per heavy atom. The Bertz CT molecular complexity index is 446. The fraction of sp³-hybridized carbons (Fsp3) is 0.385. The number of oxime groups is 1. The van der Waals surface area contributed by atoms with Gasteiger partial charge in [0, 0.05) is 16.6 Å². The molecule has 0 aliphatic rings. The van der Waals surface area contributed by atoms with E-state index in [1.54, 1.807) is 24.3 Å². The van der Waals surface area contributed by atoms with E-state index in [1.807, 2.05) is 13.8 Å². The van der Waals surface area contributed by atoms with E-state index in [2.05, 4.69) is 10.5 Å². The van der Waals surface area contributed by atoms with Gasteiger partial charge in [-0.05, 0) is 37.6 Å². The minimum atomic E-state index is -0.220. The summed E-state index contributed by atoms with van der Waals surface area (Å²) < 4.78 is 0. The van der Waals surface area contributed by atoms with Crippen molar-refractivity contribution >= 4 is 23.3 Å². The third kappa shape index (κ3) is 5.61. The first-order valence-electron chi connectivity index (χ1n) is 6.03. The van der Waals surface area contributed by atoms with E-state index >= 15 is 0 Å². The molecule has 1 aromatic carbocycles. The fourth-order valence-electron chi connectivity index (χ4n) is 1.25. The number of nitrogens with two attached hydrogens (primary N) is 1. The Labute approximate surface area is 117 Å². The van der Waals surface area contributed by atoms with Gasteiger partial charge in [-0.3, -0.25) is 4.79 Å². The number of rotatable bonds is 6. The first kappa shape index (κ1) is 15.3. The van der Waals surface area contributed by atoms with Crippen molar-refractivity contribution in [1.82, 2.24) is 5.32 Å². The Morgan fingerprint density at radius 1 is 1.47 bits per heavy atom. The number of hydrogen-bond acceptors (Lipinski definition) is 3. The Morgan fingerprint density at radius 2 is 2.11 bits per heavy atom. The lowest BCUT2D eigenvalue weighted by atomic mass is 10.2. The van der Waals surface area contributed by atoms with Gasteiger partial charge in [-0.1, -0.05) is 23.7 Å². The lowest BCUT2D eigenvalue weighted by Crippen LogP contribution is -2.34. The van der Waals surface area contributed by atoms with Crippen molar-refractivity contribution in [2.45, 2.75) is 26.3 Å². The zero-order chi connectivity index (χ0) is 14.3. The molecule has 0 fully saturated rings. The van der Waals surface area contributed by atoms with Crippen LogP contribution in [0.25, 0.3) is 0 Å². The van der Waals surface area contributed by atoms with Crippen LogP contribution in [0.2, 0.25) is 5.02 Å². The van der Waals surface area contributed by atoms with Gasteiger partial charge in [0.1, 0.15) is 0 Å². The topological polar surface area (TPSA) is 76.7 Å². The quantitative estimate of drug-likeness (QED) is 0.475. The highest BCUT2D eigenvalue weighted by atomic mass is 35.5. The largest absolute Gasteiger partial charge is 0.384 e. The number of hydrogen-bond donors (Lipinski definition) is 2. The molecule has 5 nitrogen and oxygen atoms in total. The average molecular weight is 284 g/mol. The normalized spacial score (nSPS) is 12.9. The molecule has 104 valence electrons. The predicted octanol–water partition coefficient (Wildman–Crippen LogP) is 1.89. The van der Waals surface area contributed by atoms with Crippen molar-refractivity contribution in [3.8, 4) is 0 Å². The minimum Gasteiger partial charge on any atom is -0.384 e. The molecule has 19 heavy (non-hydrogen) atoms. The Hall–Kier alpha value is -1.75. The van der Waals surface area contributed by atoms with Crippen LogP contribution >= 0.6 is 11.6 Å². The van der Waals surface area contributed by atoms with Crippen molar-refractivity contribution in [3.05, 3.63) is 34.9 Å². The summed E-state index contributed by atoms with van der Waals surface area (Å²) in [5, 5.41) is 7.06. The van der Waals surface area contributed by atoms with Gasteiger partial charge in [-0.2, -0.15) is 0 Å². The summed E-state index contributed by atoms with van der Waals surface area (Å²) >= 11 is 5.76. The van der Waals surface area contributed by atoms with Crippen LogP contribution in [-0.2, 0) is 9.63 Å². The monoisotopic (exact) mass is 283 g/mol. The molecule has 0 bridgehead atoms. The Balaban J connectivity index is 2.44. The summed E-state index contributed by atoms with van der Waals surface area (Å²) in [6.07, 6.45) is 0.863. The summed E-state index contributed by atoms with van der Waals surface area (Å²) in [5.41, 5.74) is 6.40. The third-order valence-electron chi connectivity index (χ3n) is 2.52. The van der Waals surface area contributed by atoms with E-state index in [0.29, 0.717) is 10.6 Å². The van der Waals surface area contributed by atoms with E-state index in [0.717, 1.165) is 6.42 Å². The first-order chi connectivity index (χ1) is 9.02. The molecule has 0 spiro atoms. The molecule has 0 saturated carbocycles. The van der Waals surface area contributed by atoms with Gasteiger partial charge in [0.25, 0.3) is 5.91 Å². The SMILES string of the molecule is CCC(C)NC(=O)CO/N=C(\N)c1ccc(Cl)cc1. The van der Waals surface area contributed by atoms with E-state index < -0.39 is 0 Å². The van der Waals surface area contributed by atoms with Crippen molar-refractivity contribution in [2.75, 3.05) is 6.61 Å². The first-order valence-corrected chi connectivity index (χ1v) is 6.41. The summed E-state index contributed by atoms with van der Waals surface area (Å²) in [6, 6.07) is 6.98. The molecule has 1 amide bonds. The molecule has 0 aliphatic heterocycles. The molecule has 1 rings (SSSR count). The molecule has 0 aliphatic carbocycles. The molecule has 1 aromatic rings. The number of amidine groups is 1. The van der Waals surface area contributed by atoms with E-state index in [1.165, 1.54) is 0 Å². The zero-order valence-corrected chi connectivity index (χ0v) is 11.8. The Kier molecular flexibility index (Phi) is 6.15. The number of benzene rings is 1. The number of carbonyl (C=O) groups is 1. The highest BCUT2D eigenvalue weighted by Crippen LogP contribution is 2.09. The van der Waals surface area contributed by atoms with Crippen molar-refractivity contribution in [2.24, 2.45) is 10.9 Å². The van der Waals surface area contributed by atoms with Gasteiger partial charge in [-0.25, -0.2) is 0 Å². The van der Waals surface area contributed by atoms with E-state index in [9.17, 15) is 4.79 Å². The maximum absolute atomic E-state index is 11.4. The van der Waals surface area contributed by atoms with Crippen LogP contribution in [0.5, 0.6) is 0 Å². The second kappa shape index (κ2) is 7.63. The lowest BCUT2D eigenvalue weighted by molar-refractivity contribution is -0.126. The van der Waals surface area contributed by atoms with Crippen LogP contribution in [0, 0.1) is 0 Å². The van der Waals surface area contributed by atoms with Crippen LogP contribution < -0.4 is 11.1 Å². The number of nitrogens with one attached hydrogen (secondary N) is 1. The molecule has 0 aromatic heterocycles. The van der Waals surface area contributed by atoms with Gasteiger partial charge in [0.2, 0.25) is 0 Å². The van der Waals surface area contributed by atoms with E-state index in [-0.39, 0.29) is 24.4 Å². The lowest BCUT2D eigenvalue weighted by Gasteiger charge is -2.10. The number of halogens is 1. The molecular weight excluding hydrogens is 266 g/mol. The predicted molar refractivity (Wildman–Crippen MR) is 76.0 cm³/mol. The molecule has 3 N–H and O–H groups in total. The molecule has 1 unspecified atom stereocenters. The van der Waals surface area contributed by atoms with Gasteiger partial charge >= 0.3 is 0 Å². The van der Waals surface area contributed by atoms with E-state index in [4.69, 9.17) is 22.2 Å². The molecule has 0 saturated heterocycles. The molecule has 0 heterocycles. The van der Waals surface area contributed by atoms with Crippen LogP contribution in [0.3, 0.4) is 0 Å². The number of nitrogens with zero attached hydrogens (tertiary/aromatic N) is 1. The fourth-order valence-corrected chi connectivity index (χ4v) is 1.38. The number of carbonyl (C=O) groups excluding carboxylic acids is 1. The minimum absolute atomic E-state index is 0.119. The molecule has 1 atom stereocenters. The van der Waals surface area contributed by atoms with Crippen LogP contribution in [0.15, 0.2) is 29.4 Å². The summed E-state index contributed by atoms with van der Waals surface area (Å²) in [4.78, 5) is 16.3. The summed E-state index contributed by atoms with van der Waals surface area (Å²) in [6.45, 7) is 3.75. The van der Waals surface area contributed by atoms with Crippen molar-refractivity contribution in [1.29, 1.82) is 0 Å². The molecular formula is C13H18ClN3O2. The second-order valence-corrected chi connectivity index (χ2v) is 4.57. The van der Waals surface area contributed by atoms with Gasteiger partial charge < -0.3 is 15.9 Å². The van der Waals surface area contributed by atoms with Crippen LogP contribution in [0.1, 0.15) is 25.8 Å². The highest BCUT2D eigenvalue weighted by molar-refractivity contribution is 6.30. The smallest absolute Gasteiger partial charge is 0.260 e. The average Bonchev–Trinajstić information content (AvgIpc) is 2.39. The van der Waals surface area contributed by atoms with Crippen LogP contribution in [0.4, 0.5) is 0 Å². The third-order valence-corrected chi connectivity index (χ3v) is 2.77. The van der Waals surface area contributed by atoms with Crippen molar-refractivity contribution < 1.29 is 9.63 Å². The standard InChI is InChI=1S/C13H18ClN3O2/c1-3-9(2)16-12(18)8-19-17-13(15)10-4-6-11(14)7-5-10/h4-7,9H,3,8H2,1-2H3,(H2,15,17)(H,16,18). The zero-order valence-electron chi connectivity index (χ0n) is 11.0.